The average molecular weight is 360 g/mol. The molecule has 0 aromatic heterocycles. The Hall–Kier alpha value is -0.240. The molecule has 1 atom stereocenters. The topological polar surface area (TPSA) is 20.3 Å². The van der Waals surface area contributed by atoms with Crippen LogP contribution in [0.1, 0.15) is 111 Å². The molecule has 0 aromatic carbocycles. The highest BCUT2D eigenvalue weighted by Crippen LogP contribution is 2.12. The van der Waals surface area contributed by atoms with E-state index in [2.05, 4.69) is 13.8 Å². The Labute approximate surface area is 156 Å². The molecule has 0 saturated carbocycles. The first-order valence-corrected chi connectivity index (χ1v) is 11.0. The number of carbonyl (C=O) groups excluding carboxylic acids is 1. The molecule has 144 valence electrons. The maximum atomic E-state index is 12.2. The Morgan fingerprint density at radius 3 is 1.38 bits per heavy atom. The van der Waals surface area contributed by atoms with Gasteiger partial charge in [-0.25, -0.2) is 0 Å². The Balaban J connectivity index is 3.84. The van der Waals surface area contributed by atoms with Crippen LogP contribution >= 0.6 is 11.6 Å². The van der Waals surface area contributed by atoms with Gasteiger partial charge in [0.2, 0.25) is 5.91 Å². The molecule has 0 N–H and O–H groups in total. The molecular weight excluding hydrogens is 318 g/mol. The van der Waals surface area contributed by atoms with Crippen molar-refractivity contribution in [1.29, 1.82) is 0 Å². The number of unbranched alkanes of at least 4 members (excludes halogenated alkanes) is 12. The SMILES string of the molecule is CCCCCCCCCN(CCCCCCCCC)C(=O)C(C)Cl. The third-order valence-corrected chi connectivity index (χ3v) is 4.90. The largest absolute Gasteiger partial charge is 0.341 e. The van der Waals surface area contributed by atoms with Gasteiger partial charge in [-0.05, 0) is 19.8 Å². The van der Waals surface area contributed by atoms with E-state index in [0.717, 1.165) is 25.9 Å². The molecule has 2 nitrogen and oxygen atoms in total. The summed E-state index contributed by atoms with van der Waals surface area (Å²) in [5.74, 6) is 0.119. The van der Waals surface area contributed by atoms with Crippen molar-refractivity contribution < 1.29 is 4.79 Å². The van der Waals surface area contributed by atoms with Gasteiger partial charge in [0.25, 0.3) is 0 Å². The van der Waals surface area contributed by atoms with Crippen molar-refractivity contribution in [3.8, 4) is 0 Å². The van der Waals surface area contributed by atoms with E-state index in [4.69, 9.17) is 11.6 Å². The Bertz CT molecular complexity index is 263. The van der Waals surface area contributed by atoms with E-state index < -0.39 is 0 Å². The summed E-state index contributed by atoms with van der Waals surface area (Å²) in [6.45, 7) is 8.08. The van der Waals surface area contributed by atoms with Gasteiger partial charge < -0.3 is 4.90 Å². The summed E-state index contributed by atoms with van der Waals surface area (Å²) in [6, 6.07) is 0. The Kier molecular flexibility index (Phi) is 17.4. The second-order valence-electron chi connectivity index (χ2n) is 7.18. The zero-order chi connectivity index (χ0) is 18.0. The van der Waals surface area contributed by atoms with Gasteiger partial charge in [-0.2, -0.15) is 0 Å². The molecule has 0 spiro atoms. The molecule has 0 rings (SSSR count). The van der Waals surface area contributed by atoms with Crippen LogP contribution in [0.25, 0.3) is 0 Å². The van der Waals surface area contributed by atoms with Crippen LogP contribution in [-0.2, 0) is 4.79 Å². The molecule has 0 saturated heterocycles. The van der Waals surface area contributed by atoms with Crippen molar-refractivity contribution in [2.24, 2.45) is 0 Å². The predicted molar refractivity (Wildman–Crippen MR) is 108 cm³/mol. The van der Waals surface area contributed by atoms with Gasteiger partial charge >= 0.3 is 0 Å². The summed E-state index contributed by atoms with van der Waals surface area (Å²) < 4.78 is 0. The summed E-state index contributed by atoms with van der Waals surface area (Å²) in [6.07, 6.45) is 18.0. The minimum atomic E-state index is -0.390. The summed E-state index contributed by atoms with van der Waals surface area (Å²) in [4.78, 5) is 14.3. The number of carbonyl (C=O) groups is 1. The first-order chi connectivity index (χ1) is 11.6. The zero-order valence-electron chi connectivity index (χ0n) is 16.6. The lowest BCUT2D eigenvalue weighted by Gasteiger charge is -2.24. The summed E-state index contributed by atoms with van der Waals surface area (Å²) in [5, 5.41) is -0.390. The van der Waals surface area contributed by atoms with Crippen LogP contribution in [0.2, 0.25) is 0 Å². The molecule has 3 heteroatoms. The minimum Gasteiger partial charge on any atom is -0.341 e. The van der Waals surface area contributed by atoms with Crippen molar-refractivity contribution in [3.05, 3.63) is 0 Å². The predicted octanol–water partition coefficient (Wildman–Crippen LogP) is 6.94. The molecule has 0 bridgehead atoms. The van der Waals surface area contributed by atoms with E-state index >= 15 is 0 Å². The lowest BCUT2D eigenvalue weighted by atomic mass is 10.1. The monoisotopic (exact) mass is 359 g/mol. The standard InChI is InChI=1S/C21H42ClNO/c1-4-6-8-10-12-14-16-18-23(21(24)20(3)22)19-17-15-13-11-9-7-5-2/h20H,4-19H2,1-3H3. The maximum absolute atomic E-state index is 12.2. The van der Waals surface area contributed by atoms with E-state index in [1.165, 1.54) is 77.0 Å². The molecule has 0 aliphatic carbocycles. The van der Waals surface area contributed by atoms with E-state index in [9.17, 15) is 4.79 Å². The van der Waals surface area contributed by atoms with Crippen LogP contribution in [0.15, 0.2) is 0 Å². The first-order valence-electron chi connectivity index (χ1n) is 10.6. The second-order valence-corrected chi connectivity index (χ2v) is 7.84. The van der Waals surface area contributed by atoms with Gasteiger partial charge in [-0.3, -0.25) is 4.79 Å². The third-order valence-electron chi connectivity index (χ3n) is 4.72. The highest BCUT2D eigenvalue weighted by molar-refractivity contribution is 6.30. The van der Waals surface area contributed by atoms with Gasteiger partial charge in [0.1, 0.15) is 5.38 Å². The molecule has 0 aliphatic heterocycles. The van der Waals surface area contributed by atoms with Crippen LogP contribution in [0.4, 0.5) is 0 Å². The first kappa shape index (κ1) is 23.8. The van der Waals surface area contributed by atoms with Crippen molar-refractivity contribution in [3.63, 3.8) is 0 Å². The number of amides is 1. The van der Waals surface area contributed by atoms with E-state index in [-0.39, 0.29) is 11.3 Å². The highest BCUT2D eigenvalue weighted by Gasteiger charge is 2.17. The van der Waals surface area contributed by atoms with E-state index in [1.54, 1.807) is 6.92 Å². The maximum Gasteiger partial charge on any atom is 0.240 e. The summed E-state index contributed by atoms with van der Waals surface area (Å²) >= 11 is 6.03. The highest BCUT2D eigenvalue weighted by atomic mass is 35.5. The number of halogens is 1. The molecule has 0 fully saturated rings. The van der Waals surface area contributed by atoms with Gasteiger partial charge in [0, 0.05) is 13.1 Å². The van der Waals surface area contributed by atoms with Crippen LogP contribution in [-0.4, -0.2) is 29.3 Å². The number of alkyl halides is 1. The van der Waals surface area contributed by atoms with Gasteiger partial charge in [-0.15, -0.1) is 11.6 Å². The van der Waals surface area contributed by atoms with Crippen molar-refractivity contribution in [2.45, 2.75) is 116 Å². The van der Waals surface area contributed by atoms with Crippen molar-refractivity contribution in [2.75, 3.05) is 13.1 Å². The summed E-state index contributed by atoms with van der Waals surface area (Å²) in [5.41, 5.74) is 0. The molecule has 1 unspecified atom stereocenters. The average Bonchev–Trinajstić information content (AvgIpc) is 2.57. The number of nitrogens with zero attached hydrogens (tertiary/aromatic N) is 1. The lowest BCUT2D eigenvalue weighted by molar-refractivity contribution is -0.130. The van der Waals surface area contributed by atoms with Crippen LogP contribution in [0, 0.1) is 0 Å². The molecule has 1 amide bonds. The fourth-order valence-electron chi connectivity index (χ4n) is 3.10. The van der Waals surface area contributed by atoms with Crippen LogP contribution in [0.5, 0.6) is 0 Å². The molecule has 24 heavy (non-hydrogen) atoms. The zero-order valence-corrected chi connectivity index (χ0v) is 17.4. The Morgan fingerprint density at radius 1 is 0.708 bits per heavy atom. The lowest BCUT2D eigenvalue weighted by Crippen LogP contribution is -2.37. The normalized spacial score (nSPS) is 12.3. The number of rotatable bonds is 17. The van der Waals surface area contributed by atoms with Crippen molar-refractivity contribution in [1.82, 2.24) is 4.90 Å². The minimum absolute atomic E-state index is 0.119. The molecule has 0 aliphatic rings. The van der Waals surface area contributed by atoms with Crippen LogP contribution < -0.4 is 0 Å². The molecular formula is C21H42ClNO. The van der Waals surface area contributed by atoms with E-state index in [0.29, 0.717) is 0 Å². The number of hydrogen-bond donors (Lipinski definition) is 0. The van der Waals surface area contributed by atoms with E-state index in [1.807, 2.05) is 4.90 Å². The third kappa shape index (κ3) is 14.1. The smallest absolute Gasteiger partial charge is 0.240 e. The molecule has 0 radical (unpaired) electrons. The molecule has 0 aromatic rings. The van der Waals surface area contributed by atoms with Gasteiger partial charge in [-0.1, -0.05) is 90.9 Å². The Morgan fingerprint density at radius 2 is 1.04 bits per heavy atom. The fraction of sp³-hybridized carbons (Fsp3) is 0.952. The summed E-state index contributed by atoms with van der Waals surface area (Å²) in [7, 11) is 0. The second kappa shape index (κ2) is 17.6. The van der Waals surface area contributed by atoms with Crippen LogP contribution in [0.3, 0.4) is 0 Å². The fourth-order valence-corrected chi connectivity index (χ4v) is 3.24. The number of hydrogen-bond acceptors (Lipinski definition) is 1. The van der Waals surface area contributed by atoms with Gasteiger partial charge in [0.15, 0.2) is 0 Å². The van der Waals surface area contributed by atoms with Crippen molar-refractivity contribution >= 4 is 17.5 Å². The quantitative estimate of drug-likeness (QED) is 0.203. The molecule has 0 heterocycles. The van der Waals surface area contributed by atoms with Gasteiger partial charge in [0.05, 0.1) is 0 Å².